The van der Waals surface area contributed by atoms with Crippen molar-refractivity contribution < 1.29 is 0 Å². The van der Waals surface area contributed by atoms with Crippen molar-refractivity contribution in [2.75, 3.05) is 0 Å². The Morgan fingerprint density at radius 2 is 2.14 bits per heavy atom. The number of hydrogen-bond donors (Lipinski definition) is 0. The van der Waals surface area contributed by atoms with Crippen LogP contribution in [-0.4, -0.2) is 9.97 Å². The molecule has 0 atom stereocenters. The van der Waals surface area contributed by atoms with E-state index in [1.807, 2.05) is 18.2 Å². The molecule has 0 aliphatic carbocycles. The normalized spacial score (nSPS) is 9.93. The van der Waals surface area contributed by atoms with Crippen molar-refractivity contribution in [1.82, 2.24) is 9.97 Å². The van der Waals surface area contributed by atoms with Crippen LogP contribution in [0.15, 0.2) is 18.3 Å². The molecule has 0 fully saturated rings. The lowest BCUT2D eigenvalue weighted by Gasteiger charge is -1.88. The summed E-state index contributed by atoms with van der Waals surface area (Å²) in [7, 11) is 0. The van der Waals surface area contributed by atoms with Gasteiger partial charge in [0.05, 0.1) is 12.1 Å². The molecule has 0 unspecified atom stereocenters. The molecule has 2 aromatic rings. The average Bonchev–Trinajstić information content (AvgIpc) is 2.63. The van der Waals surface area contributed by atoms with E-state index < -0.39 is 5.92 Å². The van der Waals surface area contributed by atoms with Gasteiger partial charge < -0.3 is 0 Å². The lowest BCUT2D eigenvalue weighted by atomic mass is 10.2. The third-order valence-electron chi connectivity index (χ3n) is 1.69. The van der Waals surface area contributed by atoms with Crippen molar-refractivity contribution >= 4 is 21.7 Å². The number of nitriles is 2. The van der Waals surface area contributed by atoms with Gasteiger partial charge in [0.15, 0.2) is 5.92 Å². The smallest absolute Gasteiger partial charge is 0.184 e. The zero-order chi connectivity index (χ0) is 9.97. The third kappa shape index (κ3) is 1.30. The van der Waals surface area contributed by atoms with Crippen molar-refractivity contribution in [1.29, 1.82) is 10.5 Å². The molecule has 0 aliphatic rings. The van der Waals surface area contributed by atoms with Crippen molar-refractivity contribution in [2.24, 2.45) is 0 Å². The summed E-state index contributed by atoms with van der Waals surface area (Å²) in [5.41, 5.74) is 0.739. The molecule has 4 nitrogen and oxygen atoms in total. The van der Waals surface area contributed by atoms with Crippen LogP contribution < -0.4 is 0 Å². The molecule has 66 valence electrons. The van der Waals surface area contributed by atoms with Gasteiger partial charge in [-0.05, 0) is 12.1 Å². The quantitative estimate of drug-likeness (QED) is 0.703. The van der Waals surface area contributed by atoms with Gasteiger partial charge in [0.1, 0.15) is 15.4 Å². The molecule has 14 heavy (non-hydrogen) atoms. The van der Waals surface area contributed by atoms with Crippen molar-refractivity contribution in [3.8, 4) is 12.1 Å². The Kier molecular flexibility index (Phi) is 2.10. The predicted molar refractivity (Wildman–Crippen MR) is 51.4 cm³/mol. The van der Waals surface area contributed by atoms with E-state index in [2.05, 4.69) is 9.97 Å². The fourth-order valence-corrected chi connectivity index (χ4v) is 1.95. The summed E-state index contributed by atoms with van der Waals surface area (Å²) in [6, 6.07) is 7.37. The second kappa shape index (κ2) is 3.41. The minimum absolute atomic E-state index is 0.517. The summed E-state index contributed by atoms with van der Waals surface area (Å²) in [4.78, 5) is 9.02. The van der Waals surface area contributed by atoms with Crippen LogP contribution >= 0.6 is 11.3 Å². The minimum atomic E-state index is -0.783. The first-order valence-electron chi connectivity index (χ1n) is 3.86. The molecule has 0 amide bonds. The van der Waals surface area contributed by atoms with Gasteiger partial charge in [-0.1, -0.05) is 11.3 Å². The highest BCUT2D eigenvalue weighted by molar-refractivity contribution is 7.18. The summed E-state index contributed by atoms with van der Waals surface area (Å²) in [6.45, 7) is 0. The average molecular weight is 200 g/mol. The van der Waals surface area contributed by atoms with Gasteiger partial charge in [-0.25, -0.2) is 9.97 Å². The van der Waals surface area contributed by atoms with Gasteiger partial charge >= 0.3 is 0 Å². The van der Waals surface area contributed by atoms with Crippen LogP contribution in [0.1, 0.15) is 10.9 Å². The molecule has 5 heteroatoms. The highest BCUT2D eigenvalue weighted by atomic mass is 32.1. The van der Waals surface area contributed by atoms with Crippen LogP contribution in [0.4, 0.5) is 0 Å². The zero-order valence-corrected chi connectivity index (χ0v) is 7.82. The Hall–Kier alpha value is -1.98. The van der Waals surface area contributed by atoms with Gasteiger partial charge in [0, 0.05) is 6.20 Å². The maximum atomic E-state index is 8.68. The molecule has 0 saturated heterocycles. The van der Waals surface area contributed by atoms with E-state index in [0.29, 0.717) is 5.01 Å². The first-order chi connectivity index (χ1) is 6.85. The van der Waals surface area contributed by atoms with E-state index in [-0.39, 0.29) is 0 Å². The Morgan fingerprint density at radius 1 is 1.36 bits per heavy atom. The molecule has 0 bridgehead atoms. The van der Waals surface area contributed by atoms with Crippen molar-refractivity contribution in [3.63, 3.8) is 0 Å². The SMILES string of the molecule is N#CC(C#N)c1nc2cccnc2s1. The van der Waals surface area contributed by atoms with Crippen LogP contribution in [0.2, 0.25) is 0 Å². The molecule has 2 heterocycles. The molecule has 2 aromatic heterocycles. The fraction of sp³-hybridized carbons (Fsp3) is 0.111. The summed E-state index contributed by atoms with van der Waals surface area (Å²) in [6.07, 6.45) is 1.66. The first-order valence-corrected chi connectivity index (χ1v) is 4.67. The number of thiazole rings is 1. The molecular formula is C9H4N4S. The number of pyridine rings is 1. The van der Waals surface area contributed by atoms with E-state index in [0.717, 1.165) is 10.3 Å². The number of aromatic nitrogens is 2. The van der Waals surface area contributed by atoms with E-state index in [9.17, 15) is 0 Å². The van der Waals surface area contributed by atoms with E-state index in [4.69, 9.17) is 10.5 Å². The number of hydrogen-bond acceptors (Lipinski definition) is 5. The third-order valence-corrected chi connectivity index (χ3v) is 2.73. The molecule has 0 N–H and O–H groups in total. The monoisotopic (exact) mass is 200 g/mol. The molecule has 0 aromatic carbocycles. The van der Waals surface area contributed by atoms with Crippen molar-refractivity contribution in [2.45, 2.75) is 5.92 Å². The first kappa shape index (κ1) is 8.61. The largest absolute Gasteiger partial charge is 0.244 e. The molecular weight excluding hydrogens is 196 g/mol. The Labute approximate surface area is 84.1 Å². The molecule has 0 spiro atoms. The fourth-order valence-electron chi connectivity index (χ4n) is 1.05. The van der Waals surface area contributed by atoms with Crippen LogP contribution in [0.25, 0.3) is 10.3 Å². The summed E-state index contributed by atoms with van der Waals surface area (Å²) in [5, 5.41) is 17.9. The van der Waals surface area contributed by atoms with Gasteiger partial charge in [0.25, 0.3) is 0 Å². The molecule has 0 radical (unpaired) electrons. The van der Waals surface area contributed by atoms with Gasteiger partial charge in [-0.15, -0.1) is 0 Å². The highest BCUT2D eigenvalue weighted by Crippen LogP contribution is 2.24. The summed E-state index contributed by atoms with van der Waals surface area (Å²) >= 11 is 1.29. The van der Waals surface area contributed by atoms with Gasteiger partial charge in [0.2, 0.25) is 0 Å². The Morgan fingerprint density at radius 3 is 2.79 bits per heavy atom. The van der Waals surface area contributed by atoms with Crippen LogP contribution in [-0.2, 0) is 0 Å². The number of nitrogens with zero attached hydrogens (tertiary/aromatic N) is 4. The van der Waals surface area contributed by atoms with Crippen LogP contribution in [0.3, 0.4) is 0 Å². The van der Waals surface area contributed by atoms with Crippen LogP contribution in [0, 0.1) is 22.7 Å². The molecule has 0 saturated carbocycles. The maximum Gasteiger partial charge on any atom is 0.184 e. The Bertz CT molecular complexity index is 499. The standard InChI is InChI=1S/C9H4N4S/c10-4-6(5-11)8-13-7-2-1-3-12-9(7)14-8/h1-3,6H. The van der Waals surface area contributed by atoms with Crippen molar-refractivity contribution in [3.05, 3.63) is 23.3 Å². The Balaban J connectivity index is 2.57. The number of fused-ring (bicyclic) bond motifs is 1. The van der Waals surface area contributed by atoms with E-state index in [1.54, 1.807) is 12.3 Å². The second-order valence-electron chi connectivity index (χ2n) is 2.57. The highest BCUT2D eigenvalue weighted by Gasteiger charge is 2.14. The lowest BCUT2D eigenvalue weighted by Crippen LogP contribution is -1.88. The van der Waals surface area contributed by atoms with Crippen LogP contribution in [0.5, 0.6) is 0 Å². The summed E-state index contributed by atoms with van der Waals surface area (Å²) < 4.78 is 0. The zero-order valence-electron chi connectivity index (χ0n) is 7.01. The second-order valence-corrected chi connectivity index (χ2v) is 3.58. The predicted octanol–water partition coefficient (Wildman–Crippen LogP) is 1.82. The van der Waals surface area contributed by atoms with Gasteiger partial charge in [-0.3, -0.25) is 0 Å². The topological polar surface area (TPSA) is 73.4 Å². The van der Waals surface area contributed by atoms with Gasteiger partial charge in [-0.2, -0.15) is 10.5 Å². The molecule has 0 aliphatic heterocycles. The summed E-state index contributed by atoms with van der Waals surface area (Å²) in [5.74, 6) is -0.783. The maximum absolute atomic E-state index is 8.68. The molecule has 2 rings (SSSR count). The number of rotatable bonds is 1. The van der Waals surface area contributed by atoms with E-state index in [1.165, 1.54) is 11.3 Å². The minimum Gasteiger partial charge on any atom is -0.244 e. The van der Waals surface area contributed by atoms with E-state index >= 15 is 0 Å². The lowest BCUT2D eigenvalue weighted by molar-refractivity contribution is 1.08.